The molecule has 0 N–H and O–H groups in total. The van der Waals surface area contributed by atoms with Gasteiger partial charge in [0.15, 0.2) is 0 Å². The second kappa shape index (κ2) is 8.29. The van der Waals surface area contributed by atoms with Crippen LogP contribution in [-0.4, -0.2) is 52.0 Å². The Morgan fingerprint density at radius 2 is 2.21 bits per heavy atom. The van der Waals surface area contributed by atoms with Crippen molar-refractivity contribution in [3.63, 3.8) is 0 Å². The predicted octanol–water partition coefficient (Wildman–Crippen LogP) is 2.80. The lowest BCUT2D eigenvalue weighted by Crippen LogP contribution is -2.57. The van der Waals surface area contributed by atoms with E-state index in [1.54, 1.807) is 17.0 Å². The van der Waals surface area contributed by atoms with Crippen LogP contribution in [0.15, 0.2) is 48.8 Å². The number of ether oxygens (including phenoxy) is 2. The zero-order valence-corrected chi connectivity index (χ0v) is 16.3. The Bertz CT molecular complexity index is 825. The van der Waals surface area contributed by atoms with Crippen LogP contribution in [0.5, 0.6) is 0 Å². The number of nitrogens with zero attached hydrogens (tertiary/aromatic N) is 3. The second-order valence-electron chi connectivity index (χ2n) is 7.62. The topological polar surface area (TPSA) is 56.6 Å². The van der Waals surface area contributed by atoms with Crippen molar-refractivity contribution in [2.75, 3.05) is 19.7 Å². The number of benzene rings is 1. The zero-order valence-electron chi connectivity index (χ0n) is 16.3. The first-order valence-electron chi connectivity index (χ1n) is 9.90. The van der Waals surface area contributed by atoms with Gasteiger partial charge in [-0.15, -0.1) is 0 Å². The number of piperidine rings is 1. The highest BCUT2D eigenvalue weighted by Gasteiger charge is 2.47. The van der Waals surface area contributed by atoms with Crippen molar-refractivity contribution in [1.82, 2.24) is 14.7 Å². The summed E-state index contributed by atoms with van der Waals surface area (Å²) in [5.74, 6) is 0.00464. The molecule has 3 heterocycles. The first-order valence-corrected chi connectivity index (χ1v) is 9.90. The average Bonchev–Trinajstić information content (AvgIpc) is 3.36. The van der Waals surface area contributed by atoms with Crippen LogP contribution in [0.3, 0.4) is 0 Å². The van der Waals surface area contributed by atoms with Crippen molar-refractivity contribution in [3.05, 3.63) is 59.9 Å². The van der Waals surface area contributed by atoms with E-state index >= 15 is 0 Å². The summed E-state index contributed by atoms with van der Waals surface area (Å²) in [5.41, 5.74) is 1.80. The molecule has 0 aliphatic carbocycles. The SMILES string of the molecule is Cn1cc(/C=C/C(=O)N2CC[C@@]3(CCCO3)[C@H](OCc3ccccc3)C2)cn1. The molecule has 4 rings (SSSR count). The first-order chi connectivity index (χ1) is 13.6. The van der Waals surface area contributed by atoms with Crippen LogP contribution < -0.4 is 0 Å². The molecule has 2 aliphatic rings. The van der Waals surface area contributed by atoms with Crippen molar-refractivity contribution >= 4 is 12.0 Å². The maximum absolute atomic E-state index is 12.7. The van der Waals surface area contributed by atoms with Crippen molar-refractivity contribution in [1.29, 1.82) is 0 Å². The molecule has 0 radical (unpaired) electrons. The summed E-state index contributed by atoms with van der Waals surface area (Å²) < 4.78 is 14.2. The van der Waals surface area contributed by atoms with E-state index in [9.17, 15) is 4.79 Å². The normalized spacial score (nSPS) is 25.0. The van der Waals surface area contributed by atoms with Crippen molar-refractivity contribution in [2.24, 2.45) is 7.05 Å². The fourth-order valence-electron chi connectivity index (χ4n) is 4.09. The first kappa shape index (κ1) is 18.9. The Morgan fingerprint density at radius 1 is 1.36 bits per heavy atom. The number of carbonyl (C=O) groups is 1. The van der Waals surface area contributed by atoms with E-state index in [1.165, 1.54) is 0 Å². The van der Waals surface area contributed by atoms with Crippen LogP contribution in [0.25, 0.3) is 6.08 Å². The molecule has 1 spiro atoms. The smallest absolute Gasteiger partial charge is 0.246 e. The number of rotatable bonds is 5. The molecule has 6 heteroatoms. The highest BCUT2D eigenvalue weighted by atomic mass is 16.6. The van der Waals surface area contributed by atoms with E-state index in [4.69, 9.17) is 9.47 Å². The number of aromatic nitrogens is 2. The van der Waals surface area contributed by atoms with Gasteiger partial charge >= 0.3 is 0 Å². The van der Waals surface area contributed by atoms with E-state index in [1.807, 2.05) is 42.4 Å². The van der Waals surface area contributed by atoms with Gasteiger partial charge in [0.2, 0.25) is 5.91 Å². The second-order valence-corrected chi connectivity index (χ2v) is 7.62. The lowest BCUT2D eigenvalue weighted by Gasteiger charge is -2.44. The van der Waals surface area contributed by atoms with E-state index < -0.39 is 0 Å². The molecule has 2 saturated heterocycles. The maximum Gasteiger partial charge on any atom is 0.246 e. The lowest BCUT2D eigenvalue weighted by molar-refractivity contribution is -0.165. The Labute approximate surface area is 165 Å². The molecule has 0 bridgehead atoms. The quantitative estimate of drug-likeness (QED) is 0.748. The van der Waals surface area contributed by atoms with Crippen molar-refractivity contribution in [2.45, 2.75) is 37.6 Å². The standard InChI is InChI=1S/C22H27N3O3/c1-24-15-19(14-23-24)8-9-21(26)25-12-11-22(10-5-13-28-22)20(16-25)27-17-18-6-3-2-4-7-18/h2-4,6-9,14-15,20H,5,10-13,16-17H2,1H3/b9-8+/t20-,22+/m1/s1. The van der Waals surface area contributed by atoms with Gasteiger partial charge < -0.3 is 14.4 Å². The summed E-state index contributed by atoms with van der Waals surface area (Å²) in [4.78, 5) is 14.6. The van der Waals surface area contributed by atoms with Crippen LogP contribution in [0, 0.1) is 0 Å². The molecule has 2 aliphatic heterocycles. The zero-order chi connectivity index (χ0) is 19.4. The molecular weight excluding hydrogens is 354 g/mol. The molecule has 0 unspecified atom stereocenters. The lowest BCUT2D eigenvalue weighted by atomic mass is 9.85. The van der Waals surface area contributed by atoms with E-state index in [0.29, 0.717) is 19.7 Å². The Hall–Kier alpha value is -2.44. The predicted molar refractivity (Wildman–Crippen MR) is 106 cm³/mol. The molecule has 1 amide bonds. The molecule has 2 aromatic rings. The van der Waals surface area contributed by atoms with Crippen LogP contribution in [-0.2, 0) is 27.9 Å². The van der Waals surface area contributed by atoms with Crippen molar-refractivity contribution in [3.8, 4) is 0 Å². The maximum atomic E-state index is 12.7. The number of aryl methyl sites for hydroxylation is 1. The minimum absolute atomic E-state index is 0.00464. The highest BCUT2D eigenvalue weighted by Crippen LogP contribution is 2.38. The minimum Gasteiger partial charge on any atom is -0.372 e. The van der Waals surface area contributed by atoms with E-state index in [-0.39, 0.29) is 17.6 Å². The Morgan fingerprint density at radius 3 is 2.93 bits per heavy atom. The van der Waals surface area contributed by atoms with Gasteiger partial charge in [-0.05, 0) is 30.9 Å². The molecule has 148 valence electrons. The van der Waals surface area contributed by atoms with E-state index in [2.05, 4.69) is 17.2 Å². The third-order valence-corrected chi connectivity index (χ3v) is 5.66. The Balaban J connectivity index is 1.42. The van der Waals surface area contributed by atoms with Gasteiger partial charge in [-0.1, -0.05) is 30.3 Å². The van der Waals surface area contributed by atoms with Crippen molar-refractivity contribution < 1.29 is 14.3 Å². The van der Waals surface area contributed by atoms with Crippen LogP contribution in [0.1, 0.15) is 30.4 Å². The van der Waals surface area contributed by atoms with Gasteiger partial charge in [0.05, 0.1) is 18.4 Å². The van der Waals surface area contributed by atoms with Crippen LogP contribution in [0.4, 0.5) is 0 Å². The van der Waals surface area contributed by atoms with Gasteiger partial charge in [-0.25, -0.2) is 0 Å². The summed E-state index contributed by atoms with van der Waals surface area (Å²) in [6.07, 6.45) is 9.82. The summed E-state index contributed by atoms with van der Waals surface area (Å²) >= 11 is 0. The minimum atomic E-state index is -0.251. The Kier molecular flexibility index (Phi) is 5.59. The third-order valence-electron chi connectivity index (χ3n) is 5.66. The molecule has 1 aromatic carbocycles. The van der Waals surface area contributed by atoms with Gasteiger partial charge in [0.25, 0.3) is 0 Å². The van der Waals surface area contributed by atoms with Gasteiger partial charge in [0.1, 0.15) is 6.10 Å². The number of hydrogen-bond acceptors (Lipinski definition) is 4. The van der Waals surface area contributed by atoms with Gasteiger partial charge in [-0.3, -0.25) is 9.48 Å². The molecule has 6 nitrogen and oxygen atoms in total. The molecule has 1 aromatic heterocycles. The number of hydrogen-bond donors (Lipinski definition) is 0. The monoisotopic (exact) mass is 381 g/mol. The summed E-state index contributed by atoms with van der Waals surface area (Å²) in [6.45, 7) is 2.56. The fraction of sp³-hybridized carbons (Fsp3) is 0.455. The van der Waals surface area contributed by atoms with Gasteiger partial charge in [0, 0.05) is 44.6 Å². The van der Waals surface area contributed by atoms with E-state index in [0.717, 1.165) is 37.0 Å². The number of likely N-dealkylation sites (tertiary alicyclic amines) is 1. The highest BCUT2D eigenvalue weighted by molar-refractivity contribution is 5.91. The summed E-state index contributed by atoms with van der Waals surface area (Å²) in [6, 6.07) is 10.1. The summed E-state index contributed by atoms with van der Waals surface area (Å²) in [5, 5.41) is 4.12. The fourth-order valence-corrected chi connectivity index (χ4v) is 4.09. The third kappa shape index (κ3) is 4.18. The number of carbonyl (C=O) groups excluding carboxylic acids is 1. The molecule has 0 saturated carbocycles. The average molecular weight is 381 g/mol. The molecule has 2 fully saturated rings. The van der Waals surface area contributed by atoms with Crippen LogP contribution in [0.2, 0.25) is 0 Å². The van der Waals surface area contributed by atoms with Gasteiger partial charge in [-0.2, -0.15) is 5.10 Å². The molecular formula is C22H27N3O3. The molecule has 2 atom stereocenters. The molecule has 28 heavy (non-hydrogen) atoms. The number of amides is 1. The summed E-state index contributed by atoms with van der Waals surface area (Å²) in [7, 11) is 1.86. The van der Waals surface area contributed by atoms with Crippen LogP contribution >= 0.6 is 0 Å². The largest absolute Gasteiger partial charge is 0.372 e.